The quantitative estimate of drug-likeness (QED) is 0.323. The third-order valence-corrected chi connectivity index (χ3v) is 3.71. The highest BCUT2D eigenvalue weighted by molar-refractivity contribution is 14.1. The third-order valence-electron chi connectivity index (χ3n) is 2.66. The zero-order chi connectivity index (χ0) is 15.4. The van der Waals surface area contributed by atoms with Gasteiger partial charge >= 0.3 is 5.97 Å². The fraction of sp³-hybridized carbons (Fsp3) is 0.0714. The Morgan fingerprint density at radius 2 is 1.90 bits per heavy atom. The molecule has 0 saturated carbocycles. The van der Waals surface area contributed by atoms with Crippen LogP contribution in [0.15, 0.2) is 42.5 Å². The van der Waals surface area contributed by atoms with E-state index in [1.807, 2.05) is 24.3 Å². The van der Waals surface area contributed by atoms with E-state index in [9.17, 15) is 14.9 Å². The summed E-state index contributed by atoms with van der Waals surface area (Å²) in [7, 11) is 0. The Labute approximate surface area is 139 Å². The maximum absolute atomic E-state index is 11.9. The molecule has 2 rings (SSSR count). The molecule has 0 atom stereocenters. The van der Waals surface area contributed by atoms with Gasteiger partial charge in [0.2, 0.25) is 0 Å². The van der Waals surface area contributed by atoms with Gasteiger partial charge in [0.05, 0.1) is 15.5 Å². The maximum Gasteiger partial charge on any atom is 0.340 e. The molecule has 0 heterocycles. The van der Waals surface area contributed by atoms with E-state index in [0.717, 1.165) is 15.2 Å². The number of benzene rings is 2. The lowest BCUT2D eigenvalue weighted by atomic mass is 10.2. The van der Waals surface area contributed by atoms with Crippen molar-refractivity contribution in [3.63, 3.8) is 0 Å². The Morgan fingerprint density at radius 3 is 2.52 bits per heavy atom. The topological polar surface area (TPSA) is 69.4 Å². The normalized spacial score (nSPS) is 10.2. The summed E-state index contributed by atoms with van der Waals surface area (Å²) in [5, 5.41) is 10.8. The van der Waals surface area contributed by atoms with Crippen LogP contribution in [0.4, 0.5) is 5.69 Å². The first kappa shape index (κ1) is 15.7. The third kappa shape index (κ3) is 4.15. The van der Waals surface area contributed by atoms with Crippen LogP contribution in [0, 0.1) is 13.7 Å². The summed E-state index contributed by atoms with van der Waals surface area (Å²) in [4.78, 5) is 22.1. The predicted molar refractivity (Wildman–Crippen MR) is 86.4 cm³/mol. The molecule has 0 bridgehead atoms. The fourth-order valence-electron chi connectivity index (χ4n) is 1.59. The lowest BCUT2D eigenvalue weighted by molar-refractivity contribution is -0.384. The van der Waals surface area contributed by atoms with Crippen molar-refractivity contribution in [2.75, 3.05) is 0 Å². The molecular formula is C14H9ClINO4. The largest absolute Gasteiger partial charge is 0.457 e. The molecule has 0 amide bonds. The molecule has 0 radical (unpaired) electrons. The average Bonchev–Trinajstić information content (AvgIpc) is 2.46. The summed E-state index contributed by atoms with van der Waals surface area (Å²) in [5.41, 5.74) is 0.599. The number of nitro groups is 1. The summed E-state index contributed by atoms with van der Waals surface area (Å²) in [6.07, 6.45) is 0. The van der Waals surface area contributed by atoms with Gasteiger partial charge < -0.3 is 4.74 Å². The lowest BCUT2D eigenvalue weighted by Crippen LogP contribution is -2.06. The van der Waals surface area contributed by atoms with Crippen LogP contribution in [0.25, 0.3) is 0 Å². The molecule has 0 spiro atoms. The number of hydrogen-bond acceptors (Lipinski definition) is 4. The summed E-state index contributed by atoms with van der Waals surface area (Å²) in [5.74, 6) is -0.692. The SMILES string of the molecule is O=C(OCc1ccc(I)cc1)c1cc([N+](=O)[O-])ccc1Cl. The maximum atomic E-state index is 11.9. The van der Waals surface area contributed by atoms with Crippen molar-refractivity contribution in [3.8, 4) is 0 Å². The summed E-state index contributed by atoms with van der Waals surface area (Å²) in [6.45, 7) is 0.0781. The number of esters is 1. The zero-order valence-electron chi connectivity index (χ0n) is 10.6. The van der Waals surface area contributed by atoms with E-state index in [2.05, 4.69) is 22.6 Å². The molecule has 0 aliphatic carbocycles. The highest BCUT2D eigenvalue weighted by atomic mass is 127. The molecule has 0 unspecified atom stereocenters. The Hall–Kier alpha value is -1.67. The van der Waals surface area contributed by atoms with Crippen molar-refractivity contribution in [3.05, 3.63) is 72.3 Å². The van der Waals surface area contributed by atoms with Gasteiger partial charge in [-0.05, 0) is 46.4 Å². The second-order valence-electron chi connectivity index (χ2n) is 4.12. The first-order valence-corrected chi connectivity index (χ1v) is 7.28. The number of carbonyl (C=O) groups excluding carboxylic acids is 1. The Balaban J connectivity index is 2.11. The van der Waals surface area contributed by atoms with Crippen LogP contribution < -0.4 is 0 Å². The average molecular weight is 418 g/mol. The molecule has 108 valence electrons. The number of ether oxygens (including phenoxy) is 1. The number of nitrogens with zero attached hydrogens (tertiary/aromatic N) is 1. The second-order valence-corrected chi connectivity index (χ2v) is 5.78. The molecule has 0 saturated heterocycles. The summed E-state index contributed by atoms with van der Waals surface area (Å²) < 4.78 is 6.19. The van der Waals surface area contributed by atoms with E-state index in [0.29, 0.717) is 0 Å². The molecule has 7 heteroatoms. The minimum Gasteiger partial charge on any atom is -0.457 e. The molecule has 2 aromatic carbocycles. The van der Waals surface area contributed by atoms with E-state index >= 15 is 0 Å². The van der Waals surface area contributed by atoms with Gasteiger partial charge in [0.1, 0.15) is 6.61 Å². The summed E-state index contributed by atoms with van der Waals surface area (Å²) in [6, 6.07) is 11.1. The summed E-state index contributed by atoms with van der Waals surface area (Å²) >= 11 is 8.05. The molecule has 2 aromatic rings. The van der Waals surface area contributed by atoms with Crippen molar-refractivity contribution in [2.45, 2.75) is 6.61 Å². The van der Waals surface area contributed by atoms with E-state index in [4.69, 9.17) is 16.3 Å². The van der Waals surface area contributed by atoms with Gasteiger partial charge in [0.25, 0.3) is 5.69 Å². The molecule has 0 aliphatic rings. The van der Waals surface area contributed by atoms with Crippen LogP contribution in [0.2, 0.25) is 5.02 Å². The first-order valence-electron chi connectivity index (χ1n) is 5.83. The molecule has 0 fully saturated rings. The van der Waals surface area contributed by atoms with Gasteiger partial charge in [-0.25, -0.2) is 4.79 Å². The van der Waals surface area contributed by atoms with E-state index in [-0.39, 0.29) is 22.9 Å². The van der Waals surface area contributed by atoms with Crippen LogP contribution in [-0.4, -0.2) is 10.9 Å². The number of rotatable bonds is 4. The van der Waals surface area contributed by atoms with Crippen molar-refractivity contribution in [1.82, 2.24) is 0 Å². The van der Waals surface area contributed by atoms with Gasteiger partial charge in [0.15, 0.2) is 0 Å². The van der Waals surface area contributed by atoms with E-state index in [1.165, 1.54) is 12.1 Å². The van der Waals surface area contributed by atoms with E-state index < -0.39 is 10.9 Å². The van der Waals surface area contributed by atoms with Crippen molar-refractivity contribution in [2.24, 2.45) is 0 Å². The molecule has 0 N–H and O–H groups in total. The van der Waals surface area contributed by atoms with Crippen LogP contribution in [0.3, 0.4) is 0 Å². The number of carbonyl (C=O) groups is 1. The smallest absolute Gasteiger partial charge is 0.340 e. The first-order chi connectivity index (χ1) is 9.97. The predicted octanol–water partition coefficient (Wildman–Crippen LogP) is 4.21. The minimum absolute atomic E-state index is 0.0172. The van der Waals surface area contributed by atoms with Gasteiger partial charge in [-0.1, -0.05) is 23.7 Å². The van der Waals surface area contributed by atoms with Gasteiger partial charge in [-0.15, -0.1) is 0 Å². The standard InChI is InChI=1S/C14H9ClINO4/c15-13-6-5-11(17(19)20)7-12(13)14(18)21-8-9-1-3-10(16)4-2-9/h1-7H,8H2. The monoisotopic (exact) mass is 417 g/mol. The van der Waals surface area contributed by atoms with Gasteiger partial charge in [-0.3, -0.25) is 10.1 Å². The number of hydrogen-bond donors (Lipinski definition) is 0. The zero-order valence-corrected chi connectivity index (χ0v) is 13.5. The van der Waals surface area contributed by atoms with Gasteiger partial charge in [-0.2, -0.15) is 0 Å². The van der Waals surface area contributed by atoms with E-state index in [1.54, 1.807) is 0 Å². The minimum atomic E-state index is -0.692. The van der Waals surface area contributed by atoms with Crippen LogP contribution in [0.1, 0.15) is 15.9 Å². The van der Waals surface area contributed by atoms with Crippen LogP contribution >= 0.6 is 34.2 Å². The number of halogens is 2. The highest BCUT2D eigenvalue weighted by Gasteiger charge is 2.17. The molecular weight excluding hydrogens is 409 g/mol. The second kappa shape index (κ2) is 6.86. The Kier molecular flexibility index (Phi) is 5.13. The van der Waals surface area contributed by atoms with Crippen molar-refractivity contribution in [1.29, 1.82) is 0 Å². The number of non-ortho nitro benzene ring substituents is 1. The highest BCUT2D eigenvalue weighted by Crippen LogP contribution is 2.23. The lowest BCUT2D eigenvalue weighted by Gasteiger charge is -2.06. The number of nitro benzene ring substituents is 1. The Bertz CT molecular complexity index is 688. The van der Waals surface area contributed by atoms with Crippen molar-refractivity contribution < 1.29 is 14.5 Å². The fourth-order valence-corrected chi connectivity index (χ4v) is 2.14. The molecule has 0 aliphatic heterocycles. The Morgan fingerprint density at radius 1 is 1.24 bits per heavy atom. The van der Waals surface area contributed by atoms with Crippen molar-refractivity contribution >= 4 is 45.8 Å². The van der Waals surface area contributed by atoms with Gasteiger partial charge in [0, 0.05) is 15.7 Å². The molecule has 5 nitrogen and oxygen atoms in total. The van der Waals surface area contributed by atoms with Crippen LogP contribution in [-0.2, 0) is 11.3 Å². The molecule has 0 aromatic heterocycles. The van der Waals surface area contributed by atoms with Crippen LogP contribution in [0.5, 0.6) is 0 Å². The molecule has 21 heavy (non-hydrogen) atoms.